The number of hydrogen-bond donors (Lipinski definition) is 1. The Hall–Kier alpha value is -1.58. The van der Waals surface area contributed by atoms with Crippen LogP contribution in [0.3, 0.4) is 0 Å². The Balaban J connectivity index is 0.00000338. The molecule has 0 saturated carbocycles. The van der Waals surface area contributed by atoms with Gasteiger partial charge in [0.15, 0.2) is 5.96 Å². The maximum atomic E-state index is 13.7. The molecule has 0 aromatic heterocycles. The van der Waals surface area contributed by atoms with E-state index in [1.54, 1.807) is 24.0 Å². The number of aliphatic imine (C=N–C) groups is 1. The normalized spacial score (nSPS) is 14.7. The molecule has 0 spiro atoms. The first kappa shape index (κ1) is 22.5. The molecule has 2 rings (SSSR count). The third-order valence-corrected chi connectivity index (χ3v) is 4.04. The fourth-order valence-electron chi connectivity index (χ4n) is 2.72. The molecule has 1 amide bonds. The van der Waals surface area contributed by atoms with Gasteiger partial charge in [0.05, 0.1) is 6.61 Å². The Morgan fingerprint density at radius 1 is 1.19 bits per heavy atom. The molecule has 1 fully saturated rings. The zero-order valence-corrected chi connectivity index (χ0v) is 17.7. The second kappa shape index (κ2) is 11.9. The van der Waals surface area contributed by atoms with E-state index in [-0.39, 0.29) is 35.9 Å². The van der Waals surface area contributed by atoms with Crippen LogP contribution in [0.15, 0.2) is 29.3 Å². The molecular formula is C18H28FIN4O2. The lowest BCUT2D eigenvalue weighted by atomic mass is 10.1. The SMILES string of the molecule is CCNC(=NCCc1ccccc1F)N1CCN(C(=O)OCC)CC1.I. The quantitative estimate of drug-likeness (QED) is 0.402. The lowest BCUT2D eigenvalue weighted by molar-refractivity contribution is 0.0914. The number of piperazine rings is 1. The first-order valence-electron chi connectivity index (χ1n) is 8.84. The highest BCUT2D eigenvalue weighted by Gasteiger charge is 2.23. The lowest BCUT2D eigenvalue weighted by Crippen LogP contribution is -2.54. The minimum Gasteiger partial charge on any atom is -0.450 e. The highest BCUT2D eigenvalue weighted by molar-refractivity contribution is 14.0. The van der Waals surface area contributed by atoms with Crippen LogP contribution in [0.1, 0.15) is 19.4 Å². The largest absolute Gasteiger partial charge is 0.450 e. The van der Waals surface area contributed by atoms with Crippen molar-refractivity contribution in [2.75, 3.05) is 45.9 Å². The second-order valence-corrected chi connectivity index (χ2v) is 5.75. The Morgan fingerprint density at radius 3 is 2.46 bits per heavy atom. The van der Waals surface area contributed by atoms with Gasteiger partial charge in [0.25, 0.3) is 0 Å². The van der Waals surface area contributed by atoms with Crippen LogP contribution in [0.25, 0.3) is 0 Å². The summed E-state index contributed by atoms with van der Waals surface area (Å²) < 4.78 is 18.7. The van der Waals surface area contributed by atoms with Gasteiger partial charge in [-0.2, -0.15) is 0 Å². The van der Waals surface area contributed by atoms with Gasteiger partial charge in [-0.1, -0.05) is 18.2 Å². The van der Waals surface area contributed by atoms with Gasteiger partial charge in [-0.15, -0.1) is 24.0 Å². The summed E-state index contributed by atoms with van der Waals surface area (Å²) in [6.07, 6.45) is 0.299. The molecule has 0 aliphatic carbocycles. The van der Waals surface area contributed by atoms with Crippen molar-refractivity contribution in [3.8, 4) is 0 Å². The first-order chi connectivity index (χ1) is 12.2. The lowest BCUT2D eigenvalue weighted by Gasteiger charge is -2.35. The van der Waals surface area contributed by atoms with Crippen LogP contribution in [0.4, 0.5) is 9.18 Å². The number of ether oxygens (including phenoxy) is 1. The number of guanidine groups is 1. The molecule has 0 radical (unpaired) electrons. The number of hydrogen-bond acceptors (Lipinski definition) is 3. The molecule has 8 heteroatoms. The number of carbonyl (C=O) groups is 1. The predicted octanol–water partition coefficient (Wildman–Crippen LogP) is 2.73. The second-order valence-electron chi connectivity index (χ2n) is 5.75. The average molecular weight is 478 g/mol. The maximum absolute atomic E-state index is 13.7. The summed E-state index contributed by atoms with van der Waals surface area (Å²) in [6.45, 7) is 8.10. The predicted molar refractivity (Wildman–Crippen MR) is 112 cm³/mol. The number of amides is 1. The third-order valence-electron chi connectivity index (χ3n) is 4.04. The van der Waals surface area contributed by atoms with Crippen molar-refractivity contribution < 1.29 is 13.9 Å². The van der Waals surface area contributed by atoms with E-state index in [0.29, 0.717) is 51.3 Å². The Kier molecular flexibility index (Phi) is 10.3. The molecular weight excluding hydrogens is 450 g/mol. The van der Waals surface area contributed by atoms with Gasteiger partial charge in [-0.3, -0.25) is 4.99 Å². The van der Waals surface area contributed by atoms with Crippen LogP contribution >= 0.6 is 24.0 Å². The molecule has 1 aliphatic rings. The van der Waals surface area contributed by atoms with Crippen LogP contribution in [0.2, 0.25) is 0 Å². The van der Waals surface area contributed by atoms with Crippen molar-refractivity contribution in [1.29, 1.82) is 0 Å². The van der Waals surface area contributed by atoms with E-state index >= 15 is 0 Å². The Labute approximate surface area is 171 Å². The van der Waals surface area contributed by atoms with Gasteiger partial charge < -0.3 is 19.9 Å². The summed E-state index contributed by atoms with van der Waals surface area (Å²) in [5.74, 6) is 0.619. The number of carbonyl (C=O) groups excluding carboxylic acids is 1. The zero-order chi connectivity index (χ0) is 18.1. The molecule has 1 aromatic carbocycles. The van der Waals surface area contributed by atoms with E-state index in [1.807, 2.05) is 13.0 Å². The molecule has 0 bridgehead atoms. The molecule has 0 unspecified atom stereocenters. The van der Waals surface area contributed by atoms with Crippen molar-refractivity contribution in [1.82, 2.24) is 15.1 Å². The minimum absolute atomic E-state index is 0. The number of rotatable bonds is 5. The standard InChI is InChI=1S/C18H27FN4O2.HI/c1-3-20-17(21-10-9-15-7-5-6-8-16(15)19)22-11-13-23(14-12-22)18(24)25-4-2;/h5-8H,3-4,9-14H2,1-2H3,(H,20,21);1H. The summed E-state index contributed by atoms with van der Waals surface area (Å²) >= 11 is 0. The number of benzene rings is 1. The fraction of sp³-hybridized carbons (Fsp3) is 0.556. The Morgan fingerprint density at radius 2 is 1.85 bits per heavy atom. The zero-order valence-electron chi connectivity index (χ0n) is 15.4. The van der Waals surface area contributed by atoms with Crippen molar-refractivity contribution in [3.05, 3.63) is 35.6 Å². The third kappa shape index (κ3) is 6.62. The van der Waals surface area contributed by atoms with Crippen LogP contribution < -0.4 is 5.32 Å². The first-order valence-corrected chi connectivity index (χ1v) is 8.84. The highest BCUT2D eigenvalue weighted by Crippen LogP contribution is 2.08. The summed E-state index contributed by atoms with van der Waals surface area (Å²) in [6, 6.07) is 6.78. The van der Waals surface area contributed by atoms with E-state index in [2.05, 4.69) is 15.2 Å². The van der Waals surface area contributed by atoms with Crippen molar-refractivity contribution >= 4 is 36.0 Å². The average Bonchev–Trinajstić information content (AvgIpc) is 2.63. The summed E-state index contributed by atoms with van der Waals surface area (Å²) in [5.41, 5.74) is 0.675. The summed E-state index contributed by atoms with van der Waals surface area (Å²) in [7, 11) is 0. The molecule has 26 heavy (non-hydrogen) atoms. The molecule has 1 saturated heterocycles. The number of nitrogens with one attached hydrogen (secondary N) is 1. The van der Waals surface area contributed by atoms with Crippen molar-refractivity contribution in [2.45, 2.75) is 20.3 Å². The van der Waals surface area contributed by atoms with Gasteiger partial charge in [-0.05, 0) is 31.9 Å². The molecule has 1 aliphatic heterocycles. The maximum Gasteiger partial charge on any atom is 0.409 e. The van der Waals surface area contributed by atoms with Crippen LogP contribution in [-0.2, 0) is 11.2 Å². The summed E-state index contributed by atoms with van der Waals surface area (Å²) in [4.78, 5) is 20.2. The van der Waals surface area contributed by atoms with Crippen LogP contribution in [0.5, 0.6) is 0 Å². The van der Waals surface area contributed by atoms with E-state index in [9.17, 15) is 9.18 Å². The van der Waals surface area contributed by atoms with E-state index in [4.69, 9.17) is 4.74 Å². The van der Waals surface area contributed by atoms with Crippen LogP contribution in [-0.4, -0.2) is 67.7 Å². The minimum atomic E-state index is -0.261. The molecule has 146 valence electrons. The van der Waals surface area contributed by atoms with Gasteiger partial charge >= 0.3 is 6.09 Å². The smallest absolute Gasteiger partial charge is 0.409 e. The highest BCUT2D eigenvalue weighted by atomic mass is 127. The van der Waals surface area contributed by atoms with E-state index in [0.717, 1.165) is 12.5 Å². The number of nitrogens with zero attached hydrogens (tertiary/aromatic N) is 3. The topological polar surface area (TPSA) is 57.2 Å². The van der Waals surface area contributed by atoms with Gasteiger partial charge in [0.1, 0.15) is 5.82 Å². The molecule has 1 heterocycles. The van der Waals surface area contributed by atoms with Crippen molar-refractivity contribution in [2.24, 2.45) is 4.99 Å². The molecule has 1 N–H and O–H groups in total. The van der Waals surface area contributed by atoms with Crippen LogP contribution in [0, 0.1) is 5.82 Å². The monoisotopic (exact) mass is 478 g/mol. The van der Waals surface area contributed by atoms with Gasteiger partial charge in [-0.25, -0.2) is 9.18 Å². The van der Waals surface area contributed by atoms with E-state index < -0.39 is 0 Å². The molecule has 0 atom stereocenters. The van der Waals surface area contributed by atoms with Gasteiger partial charge in [0, 0.05) is 39.3 Å². The van der Waals surface area contributed by atoms with Crippen molar-refractivity contribution in [3.63, 3.8) is 0 Å². The summed E-state index contributed by atoms with van der Waals surface area (Å²) in [5, 5.41) is 3.27. The van der Waals surface area contributed by atoms with Gasteiger partial charge in [0.2, 0.25) is 0 Å². The molecule has 1 aromatic rings. The fourth-order valence-corrected chi connectivity index (χ4v) is 2.72. The molecule has 6 nitrogen and oxygen atoms in total. The number of halogens is 2. The Bertz CT molecular complexity index is 592. The van der Waals surface area contributed by atoms with E-state index in [1.165, 1.54) is 6.07 Å².